The van der Waals surface area contributed by atoms with E-state index in [0.29, 0.717) is 39.2 Å². The van der Waals surface area contributed by atoms with E-state index in [-0.39, 0.29) is 16.4 Å². The van der Waals surface area contributed by atoms with Gasteiger partial charge in [0, 0.05) is 17.4 Å². The number of nitrogen functional groups attached to an aromatic ring is 1. The number of pyridine rings is 1. The van der Waals surface area contributed by atoms with Gasteiger partial charge in [0.05, 0.1) is 16.0 Å². The molecule has 0 spiro atoms. The summed E-state index contributed by atoms with van der Waals surface area (Å²) >= 11 is 0. The van der Waals surface area contributed by atoms with Gasteiger partial charge >= 0.3 is 0 Å². The fraction of sp³-hybridized carbons (Fsp3) is 0.0417. The first-order valence-electron chi connectivity index (χ1n) is 10.4. The lowest BCUT2D eigenvalue weighted by Gasteiger charge is -2.10. The van der Waals surface area contributed by atoms with Gasteiger partial charge in [-0.1, -0.05) is 30.3 Å². The van der Waals surface area contributed by atoms with Crippen LogP contribution >= 0.6 is 0 Å². The molecule has 0 saturated carbocycles. The average molecular weight is 489 g/mol. The Morgan fingerprint density at radius 2 is 1.83 bits per heavy atom. The third kappa shape index (κ3) is 4.14. The Labute approximate surface area is 200 Å². The predicted molar refractivity (Wildman–Crippen MR) is 131 cm³/mol. The first-order valence-corrected chi connectivity index (χ1v) is 12.0. The SMILES string of the molecule is Cc1cc(C(=O)Nc2ccc(-c3ccccc3S(N)(=O)=O)cc2)n(-c2coc3ccnc(N)c23)n1. The molecule has 0 fully saturated rings. The van der Waals surface area contributed by atoms with E-state index < -0.39 is 15.9 Å². The molecule has 0 aliphatic heterocycles. The first kappa shape index (κ1) is 22.3. The van der Waals surface area contributed by atoms with E-state index in [4.69, 9.17) is 15.3 Å². The van der Waals surface area contributed by atoms with Crippen molar-refractivity contribution < 1.29 is 17.6 Å². The van der Waals surface area contributed by atoms with Gasteiger partial charge in [-0.05, 0) is 42.8 Å². The zero-order valence-electron chi connectivity index (χ0n) is 18.5. The summed E-state index contributed by atoms with van der Waals surface area (Å²) in [6.07, 6.45) is 3.02. The van der Waals surface area contributed by atoms with Crippen molar-refractivity contribution in [2.45, 2.75) is 11.8 Å². The van der Waals surface area contributed by atoms with Gasteiger partial charge in [-0.15, -0.1) is 0 Å². The lowest BCUT2D eigenvalue weighted by atomic mass is 10.1. The van der Waals surface area contributed by atoms with E-state index >= 15 is 0 Å². The van der Waals surface area contributed by atoms with Crippen LogP contribution in [0.1, 0.15) is 16.2 Å². The summed E-state index contributed by atoms with van der Waals surface area (Å²) in [4.78, 5) is 17.3. The Balaban J connectivity index is 1.45. The molecule has 0 aliphatic carbocycles. The molecule has 3 aromatic heterocycles. The molecule has 35 heavy (non-hydrogen) atoms. The van der Waals surface area contributed by atoms with Crippen molar-refractivity contribution in [2.24, 2.45) is 5.14 Å². The molecule has 0 unspecified atom stereocenters. The van der Waals surface area contributed by atoms with Crippen LogP contribution in [-0.2, 0) is 10.0 Å². The van der Waals surface area contributed by atoms with Gasteiger partial charge in [0.2, 0.25) is 10.0 Å². The van der Waals surface area contributed by atoms with Crippen LogP contribution in [0.3, 0.4) is 0 Å². The molecule has 3 heterocycles. The van der Waals surface area contributed by atoms with Crippen molar-refractivity contribution >= 4 is 38.4 Å². The number of aryl methyl sites for hydroxylation is 1. The van der Waals surface area contributed by atoms with Crippen LogP contribution in [0.5, 0.6) is 0 Å². The molecule has 176 valence electrons. The lowest BCUT2D eigenvalue weighted by Crippen LogP contribution is -2.17. The Morgan fingerprint density at radius 3 is 2.57 bits per heavy atom. The number of anilines is 2. The largest absolute Gasteiger partial charge is 0.462 e. The van der Waals surface area contributed by atoms with Gasteiger partial charge in [-0.25, -0.2) is 23.2 Å². The predicted octanol–water partition coefficient (Wildman–Crippen LogP) is 3.47. The molecule has 0 atom stereocenters. The Bertz CT molecular complexity index is 1690. The zero-order valence-corrected chi connectivity index (χ0v) is 19.3. The number of carbonyl (C=O) groups is 1. The summed E-state index contributed by atoms with van der Waals surface area (Å²) in [5.74, 6) is -0.138. The number of sulfonamides is 1. The van der Waals surface area contributed by atoms with Crippen molar-refractivity contribution in [2.75, 3.05) is 11.1 Å². The number of furan rings is 1. The first-order chi connectivity index (χ1) is 16.7. The normalized spacial score (nSPS) is 11.6. The van der Waals surface area contributed by atoms with E-state index in [9.17, 15) is 13.2 Å². The van der Waals surface area contributed by atoms with E-state index in [2.05, 4.69) is 15.4 Å². The second-order valence-corrected chi connectivity index (χ2v) is 9.38. The summed E-state index contributed by atoms with van der Waals surface area (Å²) in [5.41, 5.74) is 9.59. The highest BCUT2D eigenvalue weighted by Gasteiger charge is 2.21. The fourth-order valence-corrected chi connectivity index (χ4v) is 4.64. The molecule has 0 aliphatic rings. The van der Waals surface area contributed by atoms with Crippen molar-refractivity contribution in [1.29, 1.82) is 0 Å². The van der Waals surface area contributed by atoms with Crippen LogP contribution in [0.4, 0.5) is 11.5 Å². The maximum atomic E-state index is 13.2. The van der Waals surface area contributed by atoms with Crippen LogP contribution in [0.15, 0.2) is 82.4 Å². The molecular formula is C24H20N6O4S. The van der Waals surface area contributed by atoms with Gasteiger partial charge in [0.15, 0.2) is 0 Å². The highest BCUT2D eigenvalue weighted by Crippen LogP contribution is 2.30. The Hall–Kier alpha value is -4.48. The maximum Gasteiger partial charge on any atom is 0.274 e. The zero-order chi connectivity index (χ0) is 24.7. The van der Waals surface area contributed by atoms with E-state index in [1.807, 2.05) is 0 Å². The van der Waals surface area contributed by atoms with Crippen LogP contribution in [0, 0.1) is 6.92 Å². The smallest absolute Gasteiger partial charge is 0.274 e. The van der Waals surface area contributed by atoms with Gasteiger partial charge < -0.3 is 15.5 Å². The summed E-state index contributed by atoms with van der Waals surface area (Å²) in [7, 11) is -3.89. The molecule has 0 radical (unpaired) electrons. The minimum absolute atomic E-state index is 0.0252. The minimum atomic E-state index is -3.89. The maximum absolute atomic E-state index is 13.2. The number of nitrogens with one attached hydrogen (secondary N) is 1. The van der Waals surface area contributed by atoms with Crippen molar-refractivity contribution in [3.8, 4) is 16.8 Å². The molecule has 5 aromatic rings. The van der Waals surface area contributed by atoms with Gasteiger partial charge in [-0.2, -0.15) is 5.10 Å². The minimum Gasteiger partial charge on any atom is -0.462 e. The third-order valence-electron chi connectivity index (χ3n) is 5.44. The topological polar surface area (TPSA) is 159 Å². The number of rotatable bonds is 5. The van der Waals surface area contributed by atoms with Crippen LogP contribution in [-0.4, -0.2) is 29.1 Å². The molecule has 1 amide bonds. The van der Waals surface area contributed by atoms with Gasteiger partial charge in [0.25, 0.3) is 5.91 Å². The van der Waals surface area contributed by atoms with Crippen LogP contribution in [0.25, 0.3) is 27.8 Å². The molecule has 5 N–H and O–H groups in total. The molecule has 2 aromatic carbocycles. The number of aromatic nitrogens is 3. The van der Waals surface area contributed by atoms with Crippen molar-refractivity contribution in [3.05, 3.63) is 84.5 Å². The van der Waals surface area contributed by atoms with E-state index in [1.54, 1.807) is 61.5 Å². The highest BCUT2D eigenvalue weighted by atomic mass is 32.2. The quantitative estimate of drug-likeness (QED) is 0.341. The Kier molecular flexibility index (Phi) is 5.35. The Morgan fingerprint density at radius 1 is 1.09 bits per heavy atom. The molecule has 0 saturated heterocycles. The number of fused-ring (bicyclic) bond motifs is 1. The van der Waals surface area contributed by atoms with Gasteiger partial charge in [0.1, 0.15) is 29.0 Å². The monoisotopic (exact) mass is 488 g/mol. The van der Waals surface area contributed by atoms with Crippen molar-refractivity contribution in [3.63, 3.8) is 0 Å². The number of hydrogen-bond donors (Lipinski definition) is 3. The number of primary sulfonamides is 1. The number of hydrogen-bond acceptors (Lipinski definition) is 7. The molecule has 11 heteroatoms. The second-order valence-electron chi connectivity index (χ2n) is 7.85. The lowest BCUT2D eigenvalue weighted by molar-refractivity contribution is 0.101. The summed E-state index contributed by atoms with van der Waals surface area (Å²) in [6, 6.07) is 16.6. The van der Waals surface area contributed by atoms with E-state index in [0.717, 1.165) is 0 Å². The number of nitrogens with two attached hydrogens (primary N) is 2. The van der Waals surface area contributed by atoms with Crippen LogP contribution in [0.2, 0.25) is 0 Å². The standard InChI is InChI=1S/C24H20N6O4S/c1-14-12-18(30(29-14)19-13-34-20-10-11-27-23(25)22(19)20)24(31)28-16-8-6-15(7-9-16)17-4-2-3-5-21(17)35(26,32)33/h2-13H,1H3,(H2,25,27)(H,28,31)(H2,26,32,33). The summed E-state index contributed by atoms with van der Waals surface area (Å²) < 4.78 is 30.9. The number of nitrogens with zero attached hydrogens (tertiary/aromatic N) is 3. The highest BCUT2D eigenvalue weighted by molar-refractivity contribution is 7.89. The van der Waals surface area contributed by atoms with Crippen molar-refractivity contribution in [1.82, 2.24) is 14.8 Å². The van der Waals surface area contributed by atoms with Crippen LogP contribution < -0.4 is 16.2 Å². The number of carbonyl (C=O) groups excluding carboxylic acids is 1. The number of amides is 1. The summed E-state index contributed by atoms with van der Waals surface area (Å²) in [6.45, 7) is 1.77. The molecule has 0 bridgehead atoms. The summed E-state index contributed by atoms with van der Waals surface area (Å²) in [5, 5.41) is 13.2. The third-order valence-corrected chi connectivity index (χ3v) is 6.40. The second kappa shape index (κ2) is 8.38. The molecule has 5 rings (SSSR count). The fourth-order valence-electron chi connectivity index (χ4n) is 3.88. The molecule has 10 nitrogen and oxygen atoms in total. The number of benzene rings is 2. The molecular weight excluding hydrogens is 468 g/mol. The van der Waals surface area contributed by atoms with E-state index in [1.165, 1.54) is 23.2 Å². The van der Waals surface area contributed by atoms with Gasteiger partial charge in [-0.3, -0.25) is 4.79 Å². The average Bonchev–Trinajstić information content (AvgIpc) is 3.43.